The fraction of sp³-hybridized carbons (Fsp3) is 0.684. The van der Waals surface area contributed by atoms with Crippen LogP contribution in [0.25, 0.3) is 0 Å². The molecule has 0 unspecified atom stereocenters. The van der Waals surface area contributed by atoms with Crippen molar-refractivity contribution in [1.82, 2.24) is 9.80 Å². The van der Waals surface area contributed by atoms with Crippen molar-refractivity contribution in [2.75, 3.05) is 32.8 Å². The van der Waals surface area contributed by atoms with Crippen molar-refractivity contribution in [1.29, 1.82) is 0 Å². The summed E-state index contributed by atoms with van der Waals surface area (Å²) in [6.07, 6.45) is 4.52. The molecule has 2 bridgehead atoms. The van der Waals surface area contributed by atoms with E-state index < -0.39 is 17.5 Å². The molecule has 0 amide bonds. The molecule has 25 heavy (non-hydrogen) atoms. The van der Waals surface area contributed by atoms with Gasteiger partial charge in [0.25, 0.3) is 0 Å². The summed E-state index contributed by atoms with van der Waals surface area (Å²) in [6, 6.07) is 3.26. The lowest BCUT2D eigenvalue weighted by molar-refractivity contribution is 0.0307. The molecule has 2 atom stereocenters. The second kappa shape index (κ2) is 7.25. The first-order chi connectivity index (χ1) is 12.1. The van der Waals surface area contributed by atoms with E-state index in [1.165, 1.54) is 6.42 Å². The highest BCUT2D eigenvalue weighted by molar-refractivity contribution is 5.19. The number of hydrogen-bond donors (Lipinski definition) is 0. The number of nitrogens with zero attached hydrogens (tertiary/aromatic N) is 2. The molecule has 4 aliphatic rings. The summed E-state index contributed by atoms with van der Waals surface area (Å²) in [6.45, 7) is 5.22. The van der Waals surface area contributed by atoms with Crippen LogP contribution in [0.5, 0.6) is 0 Å². The van der Waals surface area contributed by atoms with E-state index in [-0.39, 0.29) is 0 Å². The molecule has 0 aromatic heterocycles. The minimum atomic E-state index is -1.38. The van der Waals surface area contributed by atoms with E-state index in [1.807, 2.05) is 0 Å². The second-order valence-electron chi connectivity index (χ2n) is 7.70. The van der Waals surface area contributed by atoms with Crippen molar-refractivity contribution >= 4 is 0 Å². The van der Waals surface area contributed by atoms with Crippen molar-refractivity contribution < 1.29 is 17.9 Å². The normalized spacial score (nSPS) is 29.1. The third-order valence-corrected chi connectivity index (χ3v) is 5.99. The predicted molar refractivity (Wildman–Crippen MR) is 88.7 cm³/mol. The molecule has 0 spiro atoms. The Balaban J connectivity index is 1.47. The van der Waals surface area contributed by atoms with Gasteiger partial charge in [-0.05, 0) is 49.3 Å². The van der Waals surface area contributed by atoms with Crippen LogP contribution < -0.4 is 0 Å². The molecule has 3 nitrogen and oxygen atoms in total. The van der Waals surface area contributed by atoms with E-state index in [0.29, 0.717) is 30.1 Å². The maximum atomic E-state index is 13.5. The SMILES string of the molecule is Fc1cc(CN2C[C@H]3CC[C@@H]2CN(C2CCOCC2)C3)cc(F)c1F. The fourth-order valence-corrected chi connectivity index (χ4v) is 4.69. The first-order valence-electron chi connectivity index (χ1n) is 9.29. The number of ether oxygens (including phenoxy) is 1. The van der Waals surface area contributed by atoms with Crippen molar-refractivity contribution in [2.24, 2.45) is 5.92 Å². The van der Waals surface area contributed by atoms with Gasteiger partial charge in [0, 0.05) is 51.5 Å². The lowest BCUT2D eigenvalue weighted by Crippen LogP contribution is -2.45. The quantitative estimate of drug-likeness (QED) is 0.776. The molecule has 4 saturated heterocycles. The molecular formula is C19H25F3N2O. The van der Waals surface area contributed by atoms with Gasteiger partial charge < -0.3 is 4.74 Å². The van der Waals surface area contributed by atoms with Gasteiger partial charge in [-0.2, -0.15) is 0 Å². The van der Waals surface area contributed by atoms with Crippen molar-refractivity contribution in [3.63, 3.8) is 0 Å². The van der Waals surface area contributed by atoms with Gasteiger partial charge in [-0.25, -0.2) is 13.2 Å². The van der Waals surface area contributed by atoms with Gasteiger partial charge >= 0.3 is 0 Å². The molecular weight excluding hydrogens is 329 g/mol. The van der Waals surface area contributed by atoms with Gasteiger partial charge in [0.2, 0.25) is 0 Å². The van der Waals surface area contributed by atoms with E-state index in [9.17, 15) is 13.2 Å². The zero-order chi connectivity index (χ0) is 17.4. The molecule has 6 heteroatoms. The Morgan fingerprint density at radius 1 is 0.880 bits per heavy atom. The number of rotatable bonds is 3. The summed E-state index contributed by atoms with van der Waals surface area (Å²) in [7, 11) is 0. The van der Waals surface area contributed by atoms with Crippen LogP contribution in [-0.2, 0) is 11.3 Å². The molecule has 0 N–H and O–H groups in total. The summed E-state index contributed by atoms with van der Waals surface area (Å²) in [4.78, 5) is 4.94. The first kappa shape index (κ1) is 17.3. The zero-order valence-electron chi connectivity index (χ0n) is 14.4. The van der Waals surface area contributed by atoms with Gasteiger partial charge in [0.15, 0.2) is 17.5 Å². The largest absolute Gasteiger partial charge is 0.381 e. The molecule has 0 aliphatic carbocycles. The minimum Gasteiger partial charge on any atom is -0.381 e. The van der Waals surface area contributed by atoms with E-state index in [4.69, 9.17) is 4.74 Å². The first-order valence-corrected chi connectivity index (χ1v) is 9.29. The Hall–Kier alpha value is -1.11. The fourth-order valence-electron chi connectivity index (χ4n) is 4.69. The molecule has 0 saturated carbocycles. The topological polar surface area (TPSA) is 15.7 Å². The van der Waals surface area contributed by atoms with Crippen LogP contribution in [0.3, 0.4) is 0 Å². The number of hydrogen-bond acceptors (Lipinski definition) is 3. The molecule has 1 aromatic rings. The molecule has 4 heterocycles. The Morgan fingerprint density at radius 2 is 1.60 bits per heavy atom. The summed E-state index contributed by atoms with van der Waals surface area (Å²) < 4.78 is 45.7. The van der Waals surface area contributed by atoms with E-state index in [1.54, 1.807) is 0 Å². The van der Waals surface area contributed by atoms with Crippen LogP contribution in [0.2, 0.25) is 0 Å². The summed E-state index contributed by atoms with van der Waals surface area (Å²) in [5.41, 5.74) is 0.515. The van der Waals surface area contributed by atoms with Crippen LogP contribution in [0, 0.1) is 23.4 Å². The average Bonchev–Trinajstić information content (AvgIpc) is 2.92. The van der Waals surface area contributed by atoms with Gasteiger partial charge in [0.05, 0.1) is 0 Å². The summed E-state index contributed by atoms with van der Waals surface area (Å²) in [5, 5.41) is 0. The predicted octanol–water partition coefficient (Wildman–Crippen LogP) is 3.18. The Bertz CT molecular complexity index is 598. The molecule has 5 rings (SSSR count). The second-order valence-corrected chi connectivity index (χ2v) is 7.70. The van der Waals surface area contributed by atoms with E-state index in [2.05, 4.69) is 9.80 Å². The van der Waals surface area contributed by atoms with Gasteiger partial charge in [0.1, 0.15) is 0 Å². The molecule has 4 fully saturated rings. The summed E-state index contributed by atoms with van der Waals surface area (Å²) in [5.74, 6) is -2.99. The van der Waals surface area contributed by atoms with E-state index in [0.717, 1.165) is 64.2 Å². The number of fused-ring (bicyclic) bond motifs is 4. The monoisotopic (exact) mass is 354 g/mol. The Labute approximate surface area is 146 Å². The highest BCUT2D eigenvalue weighted by Gasteiger charge is 2.37. The maximum Gasteiger partial charge on any atom is 0.194 e. The van der Waals surface area contributed by atoms with Crippen molar-refractivity contribution in [3.8, 4) is 0 Å². The lowest BCUT2D eigenvalue weighted by Gasteiger charge is -2.37. The van der Waals surface area contributed by atoms with Crippen molar-refractivity contribution in [3.05, 3.63) is 35.1 Å². The van der Waals surface area contributed by atoms with Crippen molar-refractivity contribution in [2.45, 2.75) is 44.3 Å². The maximum absolute atomic E-state index is 13.5. The number of benzene rings is 1. The standard InChI is InChI=1S/C19H25F3N2O/c20-17-7-14(8-18(21)19(17)22)11-23-9-13-1-2-16(23)12-24(10-13)15-3-5-25-6-4-15/h7-8,13,15-16H,1-6,9-12H2/t13-,16-/m1/s1. The molecule has 4 aliphatic heterocycles. The van der Waals surface area contributed by atoms with Crippen LogP contribution in [0.1, 0.15) is 31.2 Å². The summed E-state index contributed by atoms with van der Waals surface area (Å²) >= 11 is 0. The highest BCUT2D eigenvalue weighted by atomic mass is 19.2. The third kappa shape index (κ3) is 3.71. The highest BCUT2D eigenvalue weighted by Crippen LogP contribution is 2.32. The zero-order valence-corrected chi connectivity index (χ0v) is 14.4. The van der Waals surface area contributed by atoms with Crippen LogP contribution in [0.4, 0.5) is 13.2 Å². The molecule has 1 aromatic carbocycles. The Kier molecular flexibility index (Phi) is 5.02. The minimum absolute atomic E-state index is 0.401. The van der Waals surface area contributed by atoms with Crippen LogP contribution in [-0.4, -0.2) is 54.7 Å². The van der Waals surface area contributed by atoms with Crippen LogP contribution >= 0.6 is 0 Å². The Morgan fingerprint density at radius 3 is 2.32 bits per heavy atom. The molecule has 0 radical (unpaired) electrons. The van der Waals surface area contributed by atoms with Gasteiger partial charge in [-0.15, -0.1) is 0 Å². The van der Waals surface area contributed by atoms with E-state index >= 15 is 0 Å². The van der Waals surface area contributed by atoms with Crippen LogP contribution in [0.15, 0.2) is 12.1 Å². The average molecular weight is 354 g/mol. The lowest BCUT2D eigenvalue weighted by atomic mass is 9.94. The van der Waals surface area contributed by atoms with Gasteiger partial charge in [-0.3, -0.25) is 9.80 Å². The smallest absolute Gasteiger partial charge is 0.194 e. The van der Waals surface area contributed by atoms with Gasteiger partial charge in [-0.1, -0.05) is 0 Å². The number of halogens is 3. The third-order valence-electron chi connectivity index (χ3n) is 5.99. The number of piperidine rings is 1. The molecule has 138 valence electrons.